The lowest BCUT2D eigenvalue weighted by molar-refractivity contribution is -0.122. The second-order valence-electron chi connectivity index (χ2n) is 12.4. The smallest absolute Gasteiger partial charge is 0.387 e. The van der Waals surface area contributed by atoms with E-state index in [9.17, 15) is 19.4 Å². The molecule has 0 spiro atoms. The van der Waals surface area contributed by atoms with Crippen LogP contribution in [0.3, 0.4) is 0 Å². The van der Waals surface area contributed by atoms with Crippen molar-refractivity contribution in [2.75, 3.05) is 19.8 Å². The number of hydrogen-bond donors (Lipinski definition) is 4. The molecule has 0 aromatic carbocycles. The number of rotatable bonds is 34. The highest BCUT2D eigenvalue weighted by Crippen LogP contribution is 2.43. The Hall–Kier alpha value is -2.58. The molecule has 3 atom stereocenters. The minimum atomic E-state index is -4.37. The number of amides is 1. The van der Waals surface area contributed by atoms with Crippen molar-refractivity contribution in [2.45, 2.75) is 142 Å². The largest absolute Gasteiger partial charge is 0.472 e. The van der Waals surface area contributed by atoms with E-state index in [1.165, 1.54) is 44.9 Å². The van der Waals surface area contributed by atoms with E-state index >= 15 is 0 Å². The van der Waals surface area contributed by atoms with Gasteiger partial charge >= 0.3 is 7.82 Å². The summed E-state index contributed by atoms with van der Waals surface area (Å²) in [7, 11) is -4.37. The van der Waals surface area contributed by atoms with Gasteiger partial charge in [0.05, 0.1) is 25.4 Å². The Bertz CT molecular complexity index is 1110. The SMILES string of the molecule is CC/C=C\C/C=C\C/C=C\C/C=C\C/C=C\C/C=C\CCC(=O)NC(COP(=O)(O)OCCN)C(O)/C=C/CC/C=C/CCCCCCCCC. The topological polar surface area (TPSA) is 131 Å². The second-order valence-corrected chi connectivity index (χ2v) is 13.8. The minimum absolute atomic E-state index is 0.0571. The number of nitrogens with two attached hydrogens (primary N) is 1. The molecular formula is C42H71N2O6P. The highest BCUT2D eigenvalue weighted by Gasteiger charge is 2.26. The number of allylic oxidation sites excluding steroid dienone is 15. The quantitative estimate of drug-likeness (QED) is 0.0294. The van der Waals surface area contributed by atoms with E-state index in [2.05, 4.69) is 92.1 Å². The number of carbonyl (C=O) groups excluding carboxylic acids is 1. The Balaban J connectivity index is 4.51. The molecule has 290 valence electrons. The summed E-state index contributed by atoms with van der Waals surface area (Å²) in [6, 6.07) is -0.922. The first-order chi connectivity index (χ1) is 24.9. The van der Waals surface area contributed by atoms with E-state index < -0.39 is 26.6 Å². The summed E-state index contributed by atoms with van der Waals surface area (Å²) in [6.45, 7) is 3.89. The highest BCUT2D eigenvalue weighted by molar-refractivity contribution is 7.47. The van der Waals surface area contributed by atoms with Crippen molar-refractivity contribution >= 4 is 13.7 Å². The molecule has 0 aliphatic heterocycles. The zero-order valence-electron chi connectivity index (χ0n) is 31.8. The van der Waals surface area contributed by atoms with Gasteiger partial charge in [-0.2, -0.15) is 0 Å². The molecule has 9 heteroatoms. The van der Waals surface area contributed by atoms with Crippen LogP contribution in [0.4, 0.5) is 0 Å². The van der Waals surface area contributed by atoms with Gasteiger partial charge in [-0.15, -0.1) is 0 Å². The van der Waals surface area contributed by atoms with Crippen LogP contribution >= 0.6 is 7.82 Å². The van der Waals surface area contributed by atoms with Crippen LogP contribution in [0.5, 0.6) is 0 Å². The van der Waals surface area contributed by atoms with E-state index in [1.54, 1.807) is 6.08 Å². The maximum Gasteiger partial charge on any atom is 0.472 e. The lowest BCUT2D eigenvalue weighted by Crippen LogP contribution is -2.45. The molecule has 0 aliphatic rings. The van der Waals surface area contributed by atoms with Gasteiger partial charge in [-0.3, -0.25) is 13.8 Å². The van der Waals surface area contributed by atoms with E-state index in [0.717, 1.165) is 57.8 Å². The summed E-state index contributed by atoms with van der Waals surface area (Å²) in [6.07, 6.45) is 50.4. The third-order valence-corrected chi connectivity index (χ3v) is 8.64. The first-order valence-corrected chi connectivity index (χ1v) is 20.9. The van der Waals surface area contributed by atoms with Crippen LogP contribution in [0.15, 0.2) is 97.2 Å². The van der Waals surface area contributed by atoms with Gasteiger partial charge in [-0.25, -0.2) is 4.57 Å². The van der Waals surface area contributed by atoms with Crippen molar-refractivity contribution < 1.29 is 28.4 Å². The fourth-order valence-electron chi connectivity index (χ4n) is 4.76. The van der Waals surface area contributed by atoms with Crippen LogP contribution in [-0.4, -0.2) is 47.8 Å². The predicted molar refractivity (Wildman–Crippen MR) is 216 cm³/mol. The Morgan fingerprint density at radius 1 is 0.667 bits per heavy atom. The third kappa shape index (κ3) is 35.6. The summed E-state index contributed by atoms with van der Waals surface area (Å²) in [5.74, 6) is -0.292. The van der Waals surface area contributed by atoms with Crippen molar-refractivity contribution in [3.63, 3.8) is 0 Å². The normalized spacial score (nSPS) is 15.3. The number of phosphoric acid groups is 1. The molecule has 0 aromatic rings. The van der Waals surface area contributed by atoms with Crippen LogP contribution in [-0.2, 0) is 18.4 Å². The average Bonchev–Trinajstić information content (AvgIpc) is 3.12. The zero-order chi connectivity index (χ0) is 37.5. The van der Waals surface area contributed by atoms with E-state index in [0.29, 0.717) is 6.42 Å². The van der Waals surface area contributed by atoms with Gasteiger partial charge in [0.15, 0.2) is 0 Å². The van der Waals surface area contributed by atoms with Crippen molar-refractivity contribution in [1.82, 2.24) is 5.32 Å². The van der Waals surface area contributed by atoms with Gasteiger partial charge in [0, 0.05) is 13.0 Å². The molecule has 0 aromatic heterocycles. The number of nitrogens with one attached hydrogen (secondary N) is 1. The highest BCUT2D eigenvalue weighted by atomic mass is 31.2. The molecule has 1 amide bonds. The summed E-state index contributed by atoms with van der Waals surface area (Å²) in [5, 5.41) is 13.5. The van der Waals surface area contributed by atoms with E-state index in [-0.39, 0.29) is 25.5 Å². The Kier molecular flexibility index (Phi) is 35.3. The maximum absolute atomic E-state index is 12.7. The standard InChI is InChI=1S/C42H71N2O6P/c1-3-5-7-9-11-13-15-17-18-19-20-21-22-24-26-28-30-32-34-36-42(46)44-40(39-50-51(47,48)49-38-37-43)41(45)35-33-31-29-27-25-23-16-14-12-10-8-6-4-2/h5,7,11,13,17-18,20-21,24-27,30,32-33,35,40-41,45H,3-4,6,8-10,12,14-16,19,22-23,28-29,31,34,36-39,43H2,1-2H3,(H,44,46)(H,47,48)/b7-5-,13-11-,18-17-,21-20-,26-24-,27-25+,32-30-,35-33+. The molecule has 3 unspecified atom stereocenters. The van der Waals surface area contributed by atoms with Crippen molar-refractivity contribution in [3.05, 3.63) is 97.2 Å². The van der Waals surface area contributed by atoms with Gasteiger partial charge in [0.25, 0.3) is 0 Å². The lowest BCUT2D eigenvalue weighted by atomic mass is 10.1. The first-order valence-electron chi connectivity index (χ1n) is 19.4. The third-order valence-electron chi connectivity index (χ3n) is 7.66. The summed E-state index contributed by atoms with van der Waals surface area (Å²) in [5.41, 5.74) is 5.35. The van der Waals surface area contributed by atoms with Crippen LogP contribution in [0.25, 0.3) is 0 Å². The second kappa shape index (κ2) is 37.2. The molecule has 0 rings (SSSR count). The van der Waals surface area contributed by atoms with Crippen LogP contribution < -0.4 is 11.1 Å². The zero-order valence-corrected chi connectivity index (χ0v) is 32.7. The van der Waals surface area contributed by atoms with Gasteiger partial charge in [-0.05, 0) is 70.6 Å². The van der Waals surface area contributed by atoms with E-state index in [1.807, 2.05) is 18.2 Å². The van der Waals surface area contributed by atoms with Crippen LogP contribution in [0.2, 0.25) is 0 Å². The number of aliphatic hydroxyl groups excluding tert-OH is 1. The number of carbonyl (C=O) groups is 1. The number of aliphatic hydroxyl groups is 1. The molecule has 5 N–H and O–H groups in total. The molecule has 0 aliphatic carbocycles. The monoisotopic (exact) mass is 731 g/mol. The molecule has 0 bridgehead atoms. The Morgan fingerprint density at radius 3 is 1.73 bits per heavy atom. The Morgan fingerprint density at radius 2 is 1.16 bits per heavy atom. The van der Waals surface area contributed by atoms with Gasteiger partial charge in [0.2, 0.25) is 5.91 Å². The fraction of sp³-hybridized carbons (Fsp3) is 0.595. The number of hydrogen-bond acceptors (Lipinski definition) is 6. The molecule has 0 saturated heterocycles. The molecule has 0 saturated carbocycles. The van der Waals surface area contributed by atoms with Crippen LogP contribution in [0.1, 0.15) is 129 Å². The van der Waals surface area contributed by atoms with Crippen LogP contribution in [0, 0.1) is 0 Å². The Labute approximate surface area is 311 Å². The molecule has 0 heterocycles. The fourth-order valence-corrected chi connectivity index (χ4v) is 5.52. The molecule has 8 nitrogen and oxygen atoms in total. The van der Waals surface area contributed by atoms with Crippen molar-refractivity contribution in [3.8, 4) is 0 Å². The summed E-state index contributed by atoms with van der Waals surface area (Å²) >= 11 is 0. The molecular weight excluding hydrogens is 659 g/mol. The summed E-state index contributed by atoms with van der Waals surface area (Å²) in [4.78, 5) is 22.6. The molecule has 0 fully saturated rings. The number of phosphoric ester groups is 1. The predicted octanol–water partition coefficient (Wildman–Crippen LogP) is 10.4. The average molecular weight is 731 g/mol. The summed E-state index contributed by atoms with van der Waals surface area (Å²) < 4.78 is 22.0. The maximum atomic E-state index is 12.7. The minimum Gasteiger partial charge on any atom is -0.387 e. The van der Waals surface area contributed by atoms with Gasteiger partial charge in [0.1, 0.15) is 0 Å². The molecule has 0 radical (unpaired) electrons. The van der Waals surface area contributed by atoms with E-state index in [4.69, 9.17) is 14.8 Å². The lowest BCUT2D eigenvalue weighted by Gasteiger charge is -2.23. The first kappa shape index (κ1) is 48.4. The van der Waals surface area contributed by atoms with Crippen molar-refractivity contribution in [2.24, 2.45) is 5.73 Å². The molecule has 51 heavy (non-hydrogen) atoms. The van der Waals surface area contributed by atoms with Gasteiger partial charge in [-0.1, -0.05) is 150 Å². The van der Waals surface area contributed by atoms with Gasteiger partial charge < -0.3 is 21.1 Å². The van der Waals surface area contributed by atoms with Crippen molar-refractivity contribution in [1.29, 1.82) is 0 Å². The number of unbranched alkanes of at least 4 members (excludes halogenated alkanes) is 8.